The third kappa shape index (κ3) is 4.49. The van der Waals surface area contributed by atoms with Crippen LogP contribution < -0.4 is 4.74 Å². The summed E-state index contributed by atoms with van der Waals surface area (Å²) in [4.78, 5) is 0. The van der Waals surface area contributed by atoms with Crippen molar-refractivity contribution in [2.45, 2.75) is 52.6 Å². The number of ether oxygens (including phenoxy) is 1. The molecule has 0 spiro atoms. The molecule has 0 aliphatic carbocycles. The Morgan fingerprint density at radius 3 is 2.37 bits per heavy atom. The van der Waals surface area contributed by atoms with Crippen LogP contribution in [0.15, 0.2) is 18.2 Å². The van der Waals surface area contributed by atoms with E-state index in [4.69, 9.17) is 20.1 Å². The van der Waals surface area contributed by atoms with Gasteiger partial charge in [-0.05, 0) is 36.0 Å². The Kier molecular flexibility index (Phi) is 5.35. The van der Waals surface area contributed by atoms with Gasteiger partial charge in [0, 0.05) is 0 Å². The highest BCUT2D eigenvalue weighted by molar-refractivity contribution is 5.41. The summed E-state index contributed by atoms with van der Waals surface area (Å²) in [5.74, 6) is 1.15. The van der Waals surface area contributed by atoms with E-state index < -0.39 is 6.16 Å². The Morgan fingerprint density at radius 2 is 1.84 bits per heavy atom. The van der Waals surface area contributed by atoms with Crippen molar-refractivity contribution in [3.05, 3.63) is 29.3 Å². The molecule has 4 nitrogen and oxygen atoms in total. The van der Waals surface area contributed by atoms with E-state index in [0.717, 1.165) is 24.0 Å². The van der Waals surface area contributed by atoms with Crippen LogP contribution in [0.25, 0.3) is 0 Å². The van der Waals surface area contributed by atoms with E-state index in [-0.39, 0.29) is 5.75 Å². The monoisotopic (exact) mass is 268 g/mol. The average molecular weight is 268 g/mol. The molecule has 0 saturated carbocycles. The van der Waals surface area contributed by atoms with E-state index in [2.05, 4.69) is 20.8 Å². The fourth-order valence-electron chi connectivity index (χ4n) is 2.39. The third-order valence-corrected chi connectivity index (χ3v) is 3.66. The van der Waals surface area contributed by atoms with Gasteiger partial charge in [0.2, 0.25) is 0 Å². The van der Waals surface area contributed by atoms with Crippen LogP contribution in [0, 0.1) is 12.8 Å². The van der Waals surface area contributed by atoms with E-state index in [9.17, 15) is 0 Å². The molecule has 4 heteroatoms. The highest BCUT2D eigenvalue weighted by Gasteiger charge is 2.24. The van der Waals surface area contributed by atoms with Gasteiger partial charge >= 0.3 is 6.16 Å². The quantitative estimate of drug-likeness (QED) is 0.693. The molecule has 108 valence electrons. The van der Waals surface area contributed by atoms with Crippen LogP contribution in [0.5, 0.6) is 5.75 Å². The van der Waals surface area contributed by atoms with Crippen LogP contribution in [0.3, 0.4) is 0 Å². The van der Waals surface area contributed by atoms with Crippen molar-refractivity contribution in [3.8, 4) is 5.75 Å². The predicted molar refractivity (Wildman–Crippen MR) is 73.7 cm³/mol. The first-order chi connectivity index (χ1) is 8.76. The molecule has 1 aromatic carbocycles. The van der Waals surface area contributed by atoms with E-state index in [1.807, 2.05) is 13.0 Å². The van der Waals surface area contributed by atoms with Crippen LogP contribution in [0.1, 0.15) is 50.7 Å². The van der Waals surface area contributed by atoms with E-state index in [1.54, 1.807) is 12.1 Å². The Hall–Kier alpha value is -1.10. The van der Waals surface area contributed by atoms with Crippen LogP contribution >= 0.6 is 0 Å². The second kappa shape index (κ2) is 6.37. The maximum absolute atomic E-state index is 8.91. The molecule has 1 rings (SSSR count). The normalized spacial score (nSPS) is 15.1. The fourth-order valence-corrected chi connectivity index (χ4v) is 2.39. The average Bonchev–Trinajstić information content (AvgIpc) is 2.29. The molecule has 0 saturated heterocycles. The molecule has 0 aliphatic rings. The standard InChI is InChI=1S/C15H24O4/c1-5-7-10(2)11(3)13-8-6-9-14(12(13)4)19-15(16,17)18/h6,8-11,16-18H,5,7H2,1-4H3. The molecule has 0 amide bonds. The van der Waals surface area contributed by atoms with Gasteiger partial charge in [-0.15, -0.1) is 0 Å². The number of rotatable bonds is 6. The summed E-state index contributed by atoms with van der Waals surface area (Å²) >= 11 is 0. The van der Waals surface area contributed by atoms with Crippen molar-refractivity contribution >= 4 is 0 Å². The fraction of sp³-hybridized carbons (Fsp3) is 0.600. The van der Waals surface area contributed by atoms with Gasteiger partial charge in [-0.25, -0.2) is 0 Å². The molecule has 0 aromatic heterocycles. The zero-order valence-corrected chi connectivity index (χ0v) is 12.1. The van der Waals surface area contributed by atoms with Crippen LogP contribution in [-0.2, 0) is 0 Å². The lowest BCUT2D eigenvalue weighted by molar-refractivity contribution is -0.419. The van der Waals surface area contributed by atoms with Crippen molar-refractivity contribution in [1.82, 2.24) is 0 Å². The molecule has 2 atom stereocenters. The summed E-state index contributed by atoms with van der Waals surface area (Å²) in [5.41, 5.74) is 1.92. The van der Waals surface area contributed by atoms with Gasteiger partial charge in [0.15, 0.2) is 0 Å². The number of benzene rings is 1. The van der Waals surface area contributed by atoms with Crippen LogP contribution in [0.4, 0.5) is 0 Å². The number of hydrogen-bond donors (Lipinski definition) is 3. The maximum atomic E-state index is 8.91. The molecule has 0 aliphatic heterocycles. The summed E-state index contributed by atoms with van der Waals surface area (Å²) in [6, 6.07) is 5.40. The topological polar surface area (TPSA) is 69.9 Å². The highest BCUT2D eigenvalue weighted by Crippen LogP contribution is 2.33. The third-order valence-electron chi connectivity index (χ3n) is 3.66. The first kappa shape index (κ1) is 16.0. The molecule has 0 heterocycles. The van der Waals surface area contributed by atoms with E-state index in [0.29, 0.717) is 11.8 Å². The number of aliphatic hydroxyl groups is 3. The summed E-state index contributed by atoms with van der Waals surface area (Å²) in [7, 11) is 0. The Balaban J connectivity index is 3.00. The zero-order chi connectivity index (χ0) is 14.6. The highest BCUT2D eigenvalue weighted by atomic mass is 16.9. The smallest absolute Gasteiger partial charge is 0.417 e. The van der Waals surface area contributed by atoms with Gasteiger partial charge in [-0.1, -0.05) is 45.7 Å². The molecule has 0 fully saturated rings. The summed E-state index contributed by atoms with van der Waals surface area (Å²) < 4.78 is 4.73. The molecule has 0 bridgehead atoms. The minimum absolute atomic E-state index is 0.278. The maximum Gasteiger partial charge on any atom is 0.453 e. The van der Waals surface area contributed by atoms with Gasteiger partial charge in [0.1, 0.15) is 5.75 Å². The summed E-state index contributed by atoms with van der Waals surface area (Å²) in [6.45, 7) is 8.37. The molecule has 2 unspecified atom stereocenters. The molecule has 3 N–H and O–H groups in total. The minimum atomic E-state index is -3.14. The van der Waals surface area contributed by atoms with Crippen molar-refractivity contribution in [2.24, 2.45) is 5.92 Å². The van der Waals surface area contributed by atoms with Crippen molar-refractivity contribution in [2.75, 3.05) is 0 Å². The zero-order valence-electron chi connectivity index (χ0n) is 12.1. The largest absolute Gasteiger partial charge is 0.453 e. The first-order valence-corrected chi connectivity index (χ1v) is 6.72. The van der Waals surface area contributed by atoms with Crippen molar-refractivity contribution in [3.63, 3.8) is 0 Å². The second-order valence-corrected chi connectivity index (χ2v) is 5.20. The minimum Gasteiger partial charge on any atom is -0.417 e. The van der Waals surface area contributed by atoms with Gasteiger partial charge in [-0.2, -0.15) is 0 Å². The van der Waals surface area contributed by atoms with Gasteiger partial charge in [0.25, 0.3) is 0 Å². The molecular formula is C15H24O4. The van der Waals surface area contributed by atoms with Gasteiger partial charge in [0.05, 0.1) is 0 Å². The van der Waals surface area contributed by atoms with Crippen LogP contribution in [-0.4, -0.2) is 21.5 Å². The van der Waals surface area contributed by atoms with Crippen molar-refractivity contribution < 1.29 is 20.1 Å². The lowest BCUT2D eigenvalue weighted by Crippen LogP contribution is -2.35. The number of hydrogen-bond acceptors (Lipinski definition) is 4. The Bertz CT molecular complexity index is 409. The summed E-state index contributed by atoms with van der Waals surface area (Å²) in [6.07, 6.45) is -0.870. The lowest BCUT2D eigenvalue weighted by Gasteiger charge is -2.24. The van der Waals surface area contributed by atoms with Crippen LogP contribution in [0.2, 0.25) is 0 Å². The molecular weight excluding hydrogens is 244 g/mol. The van der Waals surface area contributed by atoms with Gasteiger partial charge < -0.3 is 20.1 Å². The van der Waals surface area contributed by atoms with E-state index >= 15 is 0 Å². The lowest BCUT2D eigenvalue weighted by atomic mass is 9.84. The molecule has 1 aromatic rings. The second-order valence-electron chi connectivity index (χ2n) is 5.20. The van der Waals surface area contributed by atoms with Crippen molar-refractivity contribution in [1.29, 1.82) is 0 Å². The first-order valence-electron chi connectivity index (χ1n) is 6.72. The molecule has 0 radical (unpaired) electrons. The summed E-state index contributed by atoms with van der Waals surface area (Å²) in [5, 5.41) is 26.7. The van der Waals surface area contributed by atoms with Gasteiger partial charge in [-0.3, -0.25) is 0 Å². The Morgan fingerprint density at radius 1 is 1.21 bits per heavy atom. The SMILES string of the molecule is CCCC(C)C(C)c1cccc(OC(O)(O)O)c1C. The molecule has 19 heavy (non-hydrogen) atoms. The van der Waals surface area contributed by atoms with E-state index in [1.165, 1.54) is 0 Å². The predicted octanol–water partition coefficient (Wildman–Crippen LogP) is 2.50. The Labute approximate surface area is 114 Å².